The summed E-state index contributed by atoms with van der Waals surface area (Å²) in [5, 5.41) is 8.65. The first-order valence-electron chi connectivity index (χ1n) is 11.4. The van der Waals surface area contributed by atoms with Crippen LogP contribution in [0.25, 0.3) is 17.0 Å². The molecule has 1 unspecified atom stereocenters. The Morgan fingerprint density at radius 1 is 1.17 bits per heavy atom. The number of carbonyl (C=O) groups excluding carboxylic acids is 2. The van der Waals surface area contributed by atoms with Crippen molar-refractivity contribution in [3.05, 3.63) is 60.0 Å². The lowest BCUT2D eigenvalue weighted by atomic mass is 10.1. The fourth-order valence-electron chi connectivity index (χ4n) is 3.91. The molecule has 1 fully saturated rings. The number of nitrogens with zero attached hydrogens (tertiary/aromatic N) is 4. The molecule has 1 aliphatic rings. The molecule has 0 bridgehead atoms. The van der Waals surface area contributed by atoms with Crippen LogP contribution in [0.4, 0.5) is 15.8 Å². The highest BCUT2D eigenvalue weighted by atomic mass is 19.1. The van der Waals surface area contributed by atoms with Crippen molar-refractivity contribution in [2.75, 3.05) is 30.3 Å². The number of carbonyl (C=O) groups is 2. The van der Waals surface area contributed by atoms with Crippen LogP contribution in [0, 0.1) is 19.7 Å². The van der Waals surface area contributed by atoms with Crippen LogP contribution < -0.4 is 16.0 Å². The number of nitrogens with one attached hydrogen (secondary N) is 3. The molecule has 11 nitrogen and oxygen atoms in total. The smallest absolute Gasteiger partial charge is 0.293 e. The van der Waals surface area contributed by atoms with Crippen LogP contribution in [-0.2, 0) is 9.53 Å². The van der Waals surface area contributed by atoms with Crippen molar-refractivity contribution in [3.8, 4) is 11.3 Å². The molecule has 3 aromatic heterocycles. The van der Waals surface area contributed by atoms with Crippen LogP contribution in [0.1, 0.15) is 28.6 Å². The predicted molar refractivity (Wildman–Crippen MR) is 128 cm³/mol. The van der Waals surface area contributed by atoms with E-state index >= 15 is 0 Å². The van der Waals surface area contributed by atoms with Crippen LogP contribution in [0.15, 0.2) is 41.2 Å². The van der Waals surface area contributed by atoms with E-state index in [2.05, 4.69) is 30.9 Å². The van der Waals surface area contributed by atoms with Crippen molar-refractivity contribution in [3.63, 3.8) is 0 Å². The van der Waals surface area contributed by atoms with Gasteiger partial charge in [0.2, 0.25) is 11.5 Å². The first-order valence-corrected chi connectivity index (χ1v) is 11.4. The molecule has 1 aliphatic heterocycles. The number of amides is 2. The summed E-state index contributed by atoms with van der Waals surface area (Å²) < 4.78 is 27.2. The third-order valence-electron chi connectivity index (χ3n) is 5.63. The first kappa shape index (κ1) is 23.6. The Labute approximate surface area is 205 Å². The second-order valence-electron chi connectivity index (χ2n) is 8.38. The molecule has 5 rings (SSSR count). The lowest BCUT2D eigenvalue weighted by Crippen LogP contribution is -2.37. The molecule has 186 valence electrons. The van der Waals surface area contributed by atoms with Crippen molar-refractivity contribution < 1.29 is 23.1 Å². The average Bonchev–Trinajstić information content (AvgIpc) is 3.29. The summed E-state index contributed by atoms with van der Waals surface area (Å²) in [6, 6.07) is 4.17. The molecule has 0 radical (unpaired) electrons. The molecule has 2 amide bonds. The van der Waals surface area contributed by atoms with Crippen LogP contribution in [-0.4, -0.2) is 57.0 Å². The number of hydrogen-bond donors (Lipinski definition) is 3. The minimum absolute atomic E-state index is 0.0925. The fraction of sp³-hybridized carbons (Fsp3) is 0.292. The van der Waals surface area contributed by atoms with Crippen molar-refractivity contribution in [1.29, 1.82) is 0 Å². The van der Waals surface area contributed by atoms with Gasteiger partial charge in [-0.25, -0.2) is 19.3 Å². The minimum Gasteiger partial charge on any atom is -0.436 e. The largest absolute Gasteiger partial charge is 0.436 e. The molecular formula is C24H24FN7O4. The highest BCUT2D eigenvalue weighted by Gasteiger charge is 2.21. The number of aryl methyl sites for hydroxylation is 2. The third kappa shape index (κ3) is 4.95. The zero-order chi connectivity index (χ0) is 25.2. The summed E-state index contributed by atoms with van der Waals surface area (Å²) in [7, 11) is 0. The standard InChI is InChI=1S/C24H24FN7O4/c1-13-21(36-14(2)28-13)23(34)29-15-4-5-18(25)17(8-15)19-12-32-11-16(9-27-24(32)31-19)30-22(33)20-10-26-6-3-7-35-20/h4-5,8-9,11-12,20,26H,3,6-7,10H2,1-2H3,(H,29,34)(H,30,33). The van der Waals surface area contributed by atoms with Crippen molar-refractivity contribution in [2.24, 2.45) is 0 Å². The van der Waals surface area contributed by atoms with Gasteiger partial charge in [-0.05, 0) is 38.1 Å². The first-order chi connectivity index (χ1) is 17.4. The molecule has 0 spiro atoms. The van der Waals surface area contributed by atoms with Crippen molar-refractivity contribution in [2.45, 2.75) is 26.4 Å². The third-order valence-corrected chi connectivity index (χ3v) is 5.63. The molecule has 0 saturated carbocycles. The Hall–Kier alpha value is -4.16. The van der Waals surface area contributed by atoms with E-state index in [0.717, 1.165) is 13.0 Å². The van der Waals surface area contributed by atoms with Gasteiger partial charge >= 0.3 is 0 Å². The van der Waals surface area contributed by atoms with Gasteiger partial charge in [-0.2, -0.15) is 0 Å². The van der Waals surface area contributed by atoms with E-state index in [9.17, 15) is 14.0 Å². The topological polar surface area (TPSA) is 136 Å². The number of fused-ring (bicyclic) bond motifs is 1. The van der Waals surface area contributed by atoms with Gasteiger partial charge < -0.3 is 25.1 Å². The Morgan fingerprint density at radius 2 is 2.03 bits per heavy atom. The second kappa shape index (κ2) is 9.84. The van der Waals surface area contributed by atoms with Crippen LogP contribution in [0.5, 0.6) is 0 Å². The monoisotopic (exact) mass is 493 g/mol. The SMILES string of the molecule is Cc1nc(C)c(C(=O)Nc2ccc(F)c(-c3cn4cc(NC(=O)C5CNCCCO5)cnc4n3)c2)o1. The summed E-state index contributed by atoms with van der Waals surface area (Å²) in [5.41, 5.74) is 1.75. The maximum Gasteiger partial charge on any atom is 0.293 e. The Bertz CT molecular complexity index is 1440. The van der Waals surface area contributed by atoms with E-state index in [1.165, 1.54) is 24.4 Å². The molecule has 4 heterocycles. The number of halogens is 1. The minimum atomic E-state index is -0.599. The van der Waals surface area contributed by atoms with Gasteiger partial charge in [-0.1, -0.05) is 0 Å². The number of rotatable bonds is 5. The lowest BCUT2D eigenvalue weighted by Gasteiger charge is -2.14. The Kier molecular flexibility index (Phi) is 6.44. The molecule has 1 aromatic carbocycles. The molecule has 4 aromatic rings. The molecule has 36 heavy (non-hydrogen) atoms. The predicted octanol–water partition coefficient (Wildman–Crippen LogP) is 2.71. The van der Waals surface area contributed by atoms with E-state index in [0.29, 0.717) is 47.6 Å². The Morgan fingerprint density at radius 3 is 2.83 bits per heavy atom. The van der Waals surface area contributed by atoms with Crippen molar-refractivity contribution >= 4 is 29.0 Å². The van der Waals surface area contributed by atoms with Gasteiger partial charge in [0.1, 0.15) is 11.9 Å². The van der Waals surface area contributed by atoms with Gasteiger partial charge in [0.25, 0.3) is 11.8 Å². The summed E-state index contributed by atoms with van der Waals surface area (Å²) >= 11 is 0. The van der Waals surface area contributed by atoms with Crippen LogP contribution >= 0.6 is 0 Å². The van der Waals surface area contributed by atoms with Crippen LogP contribution in [0.2, 0.25) is 0 Å². The van der Waals surface area contributed by atoms with E-state index in [4.69, 9.17) is 9.15 Å². The molecule has 1 saturated heterocycles. The molecule has 12 heteroatoms. The van der Waals surface area contributed by atoms with Gasteiger partial charge in [-0.3, -0.25) is 14.0 Å². The zero-order valence-corrected chi connectivity index (χ0v) is 19.7. The highest BCUT2D eigenvalue weighted by Crippen LogP contribution is 2.26. The van der Waals surface area contributed by atoms with E-state index in [-0.39, 0.29) is 17.2 Å². The normalized spacial score (nSPS) is 16.0. The molecular weight excluding hydrogens is 469 g/mol. The number of imidazole rings is 1. The van der Waals surface area contributed by atoms with Gasteiger partial charge in [0.05, 0.1) is 23.3 Å². The lowest BCUT2D eigenvalue weighted by molar-refractivity contribution is -0.126. The van der Waals surface area contributed by atoms with Gasteiger partial charge in [0, 0.05) is 43.7 Å². The summed E-state index contributed by atoms with van der Waals surface area (Å²) in [4.78, 5) is 37.9. The van der Waals surface area contributed by atoms with E-state index in [1.807, 2.05) is 0 Å². The number of aromatic nitrogens is 4. The van der Waals surface area contributed by atoms with E-state index < -0.39 is 17.8 Å². The summed E-state index contributed by atoms with van der Waals surface area (Å²) in [5.74, 6) is -0.502. The molecule has 1 atom stereocenters. The number of ether oxygens (including phenoxy) is 1. The highest BCUT2D eigenvalue weighted by molar-refractivity contribution is 6.03. The number of anilines is 2. The number of oxazole rings is 1. The average molecular weight is 493 g/mol. The quantitative estimate of drug-likeness (QED) is 0.386. The van der Waals surface area contributed by atoms with Gasteiger partial charge in [0.15, 0.2) is 5.89 Å². The maximum atomic E-state index is 14.7. The van der Waals surface area contributed by atoms with E-state index in [1.54, 1.807) is 30.6 Å². The Balaban J connectivity index is 1.36. The summed E-state index contributed by atoms with van der Waals surface area (Å²) in [6.07, 6.45) is 4.95. The fourth-order valence-corrected chi connectivity index (χ4v) is 3.91. The second-order valence-corrected chi connectivity index (χ2v) is 8.38. The maximum absolute atomic E-state index is 14.7. The molecule has 3 N–H and O–H groups in total. The van der Waals surface area contributed by atoms with Gasteiger partial charge in [-0.15, -0.1) is 0 Å². The van der Waals surface area contributed by atoms with Crippen LogP contribution in [0.3, 0.4) is 0 Å². The van der Waals surface area contributed by atoms with Crippen molar-refractivity contribution in [1.82, 2.24) is 24.7 Å². The summed E-state index contributed by atoms with van der Waals surface area (Å²) in [6.45, 7) is 5.06. The zero-order valence-electron chi connectivity index (χ0n) is 19.7. The number of hydrogen-bond acceptors (Lipinski definition) is 8. The molecule has 0 aliphatic carbocycles. The number of benzene rings is 1.